The molecule has 0 aromatic heterocycles. The van der Waals surface area contributed by atoms with E-state index in [4.69, 9.17) is 0 Å². The van der Waals surface area contributed by atoms with Gasteiger partial charge in [-0.15, -0.1) is 0 Å². The number of hydrogen-bond acceptors (Lipinski definition) is 3. The Morgan fingerprint density at radius 3 is 2.05 bits per heavy atom. The maximum atomic E-state index is 13.4. The molecule has 0 saturated heterocycles. The van der Waals surface area contributed by atoms with Crippen LogP contribution in [0, 0.1) is 10.1 Å². The second kappa shape index (κ2) is 5.17. The SMILES string of the molecule is O=[N+]([O-])c1cccc(C(O)(c2ccccc2)C(F)(F)F)c1. The molecular weight excluding hydrogens is 287 g/mol. The topological polar surface area (TPSA) is 63.4 Å². The average molecular weight is 297 g/mol. The first kappa shape index (κ1) is 15.0. The maximum absolute atomic E-state index is 13.4. The standard InChI is InChI=1S/C14H10F3NO3/c15-14(16,17)13(19,10-5-2-1-3-6-10)11-7-4-8-12(9-11)18(20)21/h1-9,19H. The van der Waals surface area contributed by atoms with Crippen molar-refractivity contribution in [1.29, 1.82) is 0 Å². The summed E-state index contributed by atoms with van der Waals surface area (Å²) in [6.45, 7) is 0. The lowest BCUT2D eigenvalue weighted by molar-refractivity contribution is -0.385. The third-order valence-electron chi connectivity index (χ3n) is 3.08. The van der Waals surface area contributed by atoms with Gasteiger partial charge in [0, 0.05) is 17.7 Å². The van der Waals surface area contributed by atoms with Gasteiger partial charge in [0.15, 0.2) is 0 Å². The van der Waals surface area contributed by atoms with Gasteiger partial charge in [0.2, 0.25) is 5.60 Å². The molecule has 0 radical (unpaired) electrons. The molecule has 1 unspecified atom stereocenters. The second-order valence-corrected chi connectivity index (χ2v) is 4.38. The first-order valence-corrected chi connectivity index (χ1v) is 5.86. The van der Waals surface area contributed by atoms with Gasteiger partial charge in [-0.25, -0.2) is 0 Å². The number of alkyl halides is 3. The smallest absolute Gasteiger partial charge is 0.372 e. The van der Waals surface area contributed by atoms with Gasteiger partial charge in [-0.05, 0) is 5.56 Å². The van der Waals surface area contributed by atoms with Crippen LogP contribution >= 0.6 is 0 Å². The Morgan fingerprint density at radius 1 is 0.952 bits per heavy atom. The summed E-state index contributed by atoms with van der Waals surface area (Å²) in [7, 11) is 0. The molecular formula is C14H10F3NO3. The molecule has 0 amide bonds. The zero-order valence-electron chi connectivity index (χ0n) is 10.5. The van der Waals surface area contributed by atoms with Crippen LogP contribution in [0.4, 0.5) is 18.9 Å². The largest absolute Gasteiger partial charge is 0.425 e. The molecule has 0 heterocycles. The van der Waals surface area contributed by atoms with E-state index in [0.29, 0.717) is 0 Å². The molecule has 0 aliphatic rings. The summed E-state index contributed by atoms with van der Waals surface area (Å²) in [4.78, 5) is 9.89. The number of halogens is 3. The maximum Gasteiger partial charge on any atom is 0.425 e. The number of nitro benzene ring substituents is 1. The fraction of sp³-hybridized carbons (Fsp3) is 0.143. The highest BCUT2D eigenvalue weighted by molar-refractivity contribution is 5.43. The van der Waals surface area contributed by atoms with E-state index >= 15 is 0 Å². The van der Waals surface area contributed by atoms with Gasteiger partial charge in [-0.3, -0.25) is 10.1 Å². The van der Waals surface area contributed by atoms with E-state index in [9.17, 15) is 28.4 Å². The van der Waals surface area contributed by atoms with Crippen LogP contribution in [-0.4, -0.2) is 16.2 Å². The van der Waals surface area contributed by atoms with Gasteiger partial charge in [-0.2, -0.15) is 13.2 Å². The summed E-state index contributed by atoms with van der Waals surface area (Å²) >= 11 is 0. The Labute approximate surface area is 117 Å². The summed E-state index contributed by atoms with van der Waals surface area (Å²) in [6.07, 6.45) is -5.02. The molecule has 1 N–H and O–H groups in total. The molecule has 0 aliphatic carbocycles. The zero-order chi connectivity index (χ0) is 15.7. The molecule has 1 atom stereocenters. The molecule has 0 fully saturated rings. The Balaban J connectivity index is 2.68. The zero-order valence-corrected chi connectivity index (χ0v) is 10.5. The average Bonchev–Trinajstić information content (AvgIpc) is 2.46. The van der Waals surface area contributed by atoms with Crippen LogP contribution in [0.25, 0.3) is 0 Å². The van der Waals surface area contributed by atoms with Crippen LogP contribution in [0.5, 0.6) is 0 Å². The van der Waals surface area contributed by atoms with Crippen molar-refractivity contribution in [3.63, 3.8) is 0 Å². The summed E-state index contributed by atoms with van der Waals surface area (Å²) in [5.41, 5.74) is -4.83. The molecule has 2 rings (SSSR count). The minimum absolute atomic E-state index is 0.405. The first-order valence-electron chi connectivity index (χ1n) is 5.86. The fourth-order valence-corrected chi connectivity index (χ4v) is 2.02. The number of benzene rings is 2. The molecule has 7 heteroatoms. The van der Waals surface area contributed by atoms with E-state index in [1.54, 1.807) is 0 Å². The normalized spacial score (nSPS) is 14.5. The Bertz CT molecular complexity index is 658. The highest BCUT2D eigenvalue weighted by Crippen LogP contribution is 2.44. The molecule has 0 bridgehead atoms. The summed E-state index contributed by atoms with van der Waals surface area (Å²) in [5, 5.41) is 21.0. The van der Waals surface area contributed by atoms with Gasteiger partial charge in [0.1, 0.15) is 0 Å². The van der Waals surface area contributed by atoms with Crippen molar-refractivity contribution in [2.75, 3.05) is 0 Å². The molecule has 0 spiro atoms. The van der Waals surface area contributed by atoms with E-state index in [1.807, 2.05) is 0 Å². The number of hydrogen-bond donors (Lipinski definition) is 1. The van der Waals surface area contributed by atoms with Gasteiger partial charge >= 0.3 is 6.18 Å². The van der Waals surface area contributed by atoms with E-state index in [-0.39, 0.29) is 0 Å². The van der Waals surface area contributed by atoms with Crippen LogP contribution in [0.15, 0.2) is 54.6 Å². The predicted octanol–water partition coefficient (Wildman–Crippen LogP) is 3.39. The number of aliphatic hydroxyl groups is 1. The van der Waals surface area contributed by atoms with E-state index in [2.05, 4.69) is 0 Å². The number of rotatable bonds is 3. The van der Waals surface area contributed by atoms with Gasteiger partial charge in [0.05, 0.1) is 4.92 Å². The van der Waals surface area contributed by atoms with Crippen molar-refractivity contribution in [2.24, 2.45) is 0 Å². The minimum Gasteiger partial charge on any atom is -0.372 e. The molecule has 4 nitrogen and oxygen atoms in total. The van der Waals surface area contributed by atoms with Crippen LogP contribution in [0.1, 0.15) is 11.1 Å². The van der Waals surface area contributed by atoms with Crippen molar-refractivity contribution in [1.82, 2.24) is 0 Å². The van der Waals surface area contributed by atoms with Gasteiger partial charge < -0.3 is 5.11 Å². The van der Waals surface area contributed by atoms with E-state index < -0.39 is 33.5 Å². The third kappa shape index (κ3) is 2.59. The number of nitro groups is 1. The Kier molecular flexibility index (Phi) is 3.69. The summed E-state index contributed by atoms with van der Waals surface area (Å²) < 4.78 is 40.2. The van der Waals surface area contributed by atoms with Crippen LogP contribution in [0.2, 0.25) is 0 Å². The number of non-ortho nitro benzene ring substituents is 1. The molecule has 21 heavy (non-hydrogen) atoms. The Hall–Kier alpha value is -2.41. The highest BCUT2D eigenvalue weighted by atomic mass is 19.4. The Morgan fingerprint density at radius 2 is 1.52 bits per heavy atom. The van der Waals surface area contributed by atoms with Crippen molar-refractivity contribution < 1.29 is 23.2 Å². The fourth-order valence-electron chi connectivity index (χ4n) is 2.02. The third-order valence-corrected chi connectivity index (χ3v) is 3.08. The molecule has 0 aliphatic heterocycles. The van der Waals surface area contributed by atoms with Crippen LogP contribution in [-0.2, 0) is 5.60 Å². The van der Waals surface area contributed by atoms with E-state index in [0.717, 1.165) is 36.4 Å². The summed E-state index contributed by atoms with van der Waals surface area (Å²) in [6, 6.07) is 10.3. The predicted molar refractivity (Wildman–Crippen MR) is 68.6 cm³/mol. The minimum atomic E-state index is -5.02. The van der Waals surface area contributed by atoms with Crippen molar-refractivity contribution in [3.05, 3.63) is 75.8 Å². The highest BCUT2D eigenvalue weighted by Gasteiger charge is 2.56. The summed E-state index contributed by atoms with van der Waals surface area (Å²) in [5.74, 6) is 0. The lowest BCUT2D eigenvalue weighted by Crippen LogP contribution is -2.43. The van der Waals surface area contributed by atoms with Crippen molar-refractivity contribution in [3.8, 4) is 0 Å². The van der Waals surface area contributed by atoms with Gasteiger partial charge in [-0.1, -0.05) is 42.5 Å². The molecule has 110 valence electrons. The van der Waals surface area contributed by atoms with Crippen LogP contribution < -0.4 is 0 Å². The number of nitrogens with zero attached hydrogens (tertiary/aromatic N) is 1. The lowest BCUT2D eigenvalue weighted by atomic mass is 9.85. The van der Waals surface area contributed by atoms with E-state index in [1.165, 1.54) is 18.2 Å². The molecule has 2 aromatic carbocycles. The van der Waals surface area contributed by atoms with Crippen molar-refractivity contribution >= 4 is 5.69 Å². The quantitative estimate of drug-likeness (QED) is 0.697. The molecule has 2 aromatic rings. The van der Waals surface area contributed by atoms with Crippen LogP contribution in [0.3, 0.4) is 0 Å². The first-order chi connectivity index (χ1) is 9.76. The molecule has 0 saturated carbocycles. The monoisotopic (exact) mass is 297 g/mol. The van der Waals surface area contributed by atoms with Crippen molar-refractivity contribution in [2.45, 2.75) is 11.8 Å². The lowest BCUT2D eigenvalue weighted by Gasteiger charge is -2.31. The second-order valence-electron chi connectivity index (χ2n) is 4.38. The van der Waals surface area contributed by atoms with Gasteiger partial charge in [0.25, 0.3) is 5.69 Å².